The maximum Gasteiger partial charge on any atom is 0.306 e. The van der Waals surface area contributed by atoms with Crippen molar-refractivity contribution < 1.29 is 42.1 Å². The maximum atomic E-state index is 12.7. The van der Waals surface area contributed by atoms with Crippen molar-refractivity contribution in [1.29, 1.82) is 0 Å². The summed E-state index contributed by atoms with van der Waals surface area (Å²) in [6, 6.07) is 0. The van der Waals surface area contributed by atoms with Crippen LogP contribution >= 0.6 is 7.82 Å². The van der Waals surface area contributed by atoms with Gasteiger partial charge in [0.2, 0.25) is 0 Å². The predicted molar refractivity (Wildman–Crippen MR) is 277 cm³/mol. The van der Waals surface area contributed by atoms with E-state index < -0.39 is 26.5 Å². The monoisotopic (exact) mass is 950 g/mol. The lowest BCUT2D eigenvalue weighted by Crippen LogP contribution is -2.37. The molecule has 0 aromatic heterocycles. The number of phosphoric acid groups is 1. The second-order valence-corrected chi connectivity index (χ2v) is 21.0. The largest absolute Gasteiger partial charge is 0.756 e. The average molecular weight is 950 g/mol. The van der Waals surface area contributed by atoms with Gasteiger partial charge in [-0.25, -0.2) is 0 Å². The number of rotatable bonds is 50. The van der Waals surface area contributed by atoms with E-state index in [1.807, 2.05) is 21.1 Å². The second kappa shape index (κ2) is 48.0. The Hall–Kier alpha value is -2.03. The summed E-state index contributed by atoms with van der Waals surface area (Å²) in [5.41, 5.74) is 0. The molecule has 0 aromatic carbocycles. The molecule has 0 spiro atoms. The Kier molecular flexibility index (Phi) is 46.5. The van der Waals surface area contributed by atoms with Crippen molar-refractivity contribution in [3.05, 3.63) is 48.6 Å². The Labute approximate surface area is 407 Å². The zero-order valence-corrected chi connectivity index (χ0v) is 44.5. The van der Waals surface area contributed by atoms with Gasteiger partial charge in [-0.3, -0.25) is 14.2 Å². The van der Waals surface area contributed by atoms with Gasteiger partial charge < -0.3 is 27.9 Å². The Balaban J connectivity index is 4.16. The van der Waals surface area contributed by atoms with Crippen molar-refractivity contribution in [3.63, 3.8) is 0 Å². The Morgan fingerprint density at radius 3 is 1.29 bits per heavy atom. The van der Waals surface area contributed by atoms with E-state index in [4.69, 9.17) is 18.5 Å². The molecule has 0 aromatic rings. The number of allylic oxidation sites excluding steroid dienone is 8. The molecule has 9 nitrogen and oxygen atoms in total. The van der Waals surface area contributed by atoms with Gasteiger partial charge in [0.15, 0.2) is 6.10 Å². The van der Waals surface area contributed by atoms with E-state index in [2.05, 4.69) is 62.5 Å². The molecule has 2 atom stereocenters. The van der Waals surface area contributed by atoms with Crippen LogP contribution in [0.25, 0.3) is 0 Å². The molecule has 2 unspecified atom stereocenters. The summed E-state index contributed by atoms with van der Waals surface area (Å²) < 4.78 is 34.1. The van der Waals surface area contributed by atoms with E-state index in [0.29, 0.717) is 17.4 Å². The minimum Gasteiger partial charge on any atom is -0.756 e. The van der Waals surface area contributed by atoms with Crippen molar-refractivity contribution in [2.45, 2.75) is 251 Å². The van der Waals surface area contributed by atoms with Crippen molar-refractivity contribution >= 4 is 19.8 Å². The fourth-order valence-corrected chi connectivity index (χ4v) is 8.38. The van der Waals surface area contributed by atoms with Gasteiger partial charge in [-0.15, -0.1) is 0 Å². The van der Waals surface area contributed by atoms with Crippen molar-refractivity contribution in [2.75, 3.05) is 47.5 Å². The smallest absolute Gasteiger partial charge is 0.306 e. The fourth-order valence-electron chi connectivity index (χ4n) is 7.65. The number of carbonyl (C=O) groups is 2. The van der Waals surface area contributed by atoms with Gasteiger partial charge in [-0.05, 0) is 51.4 Å². The highest BCUT2D eigenvalue weighted by atomic mass is 31.2. The summed E-state index contributed by atoms with van der Waals surface area (Å²) in [6.45, 7) is 4.12. The highest BCUT2D eigenvalue weighted by Crippen LogP contribution is 2.38. The number of quaternary nitrogens is 1. The number of hydrogen-bond donors (Lipinski definition) is 0. The molecule has 0 saturated heterocycles. The molecular formula is C56H104NO8P. The van der Waals surface area contributed by atoms with Crippen molar-refractivity contribution in [2.24, 2.45) is 0 Å². The van der Waals surface area contributed by atoms with E-state index >= 15 is 0 Å². The average Bonchev–Trinajstić information content (AvgIpc) is 3.27. The van der Waals surface area contributed by atoms with E-state index in [-0.39, 0.29) is 32.0 Å². The highest BCUT2D eigenvalue weighted by Gasteiger charge is 2.21. The molecule has 0 aliphatic rings. The zero-order chi connectivity index (χ0) is 48.5. The summed E-state index contributed by atoms with van der Waals surface area (Å²) >= 11 is 0. The molecule has 0 radical (unpaired) electrons. The molecule has 0 aliphatic carbocycles. The van der Waals surface area contributed by atoms with Crippen LogP contribution in [0.2, 0.25) is 0 Å². The first-order chi connectivity index (χ1) is 32.0. The Morgan fingerprint density at radius 1 is 0.485 bits per heavy atom. The number of esters is 2. The van der Waals surface area contributed by atoms with Crippen LogP contribution in [0.1, 0.15) is 245 Å². The van der Waals surface area contributed by atoms with Gasteiger partial charge in [0.1, 0.15) is 19.8 Å². The third kappa shape index (κ3) is 51.4. The fraction of sp³-hybridized carbons (Fsp3) is 0.821. The standard InChI is InChI=1S/C56H104NO8P/c1-6-8-10-12-14-16-18-20-22-24-25-26-27-28-29-30-31-33-34-36-38-40-42-44-46-48-55(58)62-52-54(53-64-66(60,61)63-51-50-57(3,4)5)65-56(59)49-47-45-43-41-39-37-35-32-23-21-19-17-15-13-11-9-7-2/h9,11,15,17,21,23,35,37,54H,6-8,10,12-14,16,18-20,22,24-34,36,38-53H2,1-5H3/b11-9-,17-15-,23-21-,37-35-. The molecule has 0 N–H and O–H groups in total. The van der Waals surface area contributed by atoms with Crippen LogP contribution in [-0.4, -0.2) is 70.0 Å². The summed E-state index contributed by atoms with van der Waals surface area (Å²) in [6.07, 6.45) is 58.7. The van der Waals surface area contributed by atoms with Crippen LogP contribution in [0.3, 0.4) is 0 Å². The number of likely N-dealkylation sites (N-methyl/N-ethyl adjacent to an activating group) is 1. The predicted octanol–water partition coefficient (Wildman–Crippen LogP) is 16.0. The van der Waals surface area contributed by atoms with E-state index in [0.717, 1.165) is 70.6 Å². The van der Waals surface area contributed by atoms with E-state index in [9.17, 15) is 19.0 Å². The molecule has 0 amide bonds. The van der Waals surface area contributed by atoms with Crippen LogP contribution in [0.15, 0.2) is 48.6 Å². The normalized spacial score (nSPS) is 13.7. The number of carbonyl (C=O) groups excluding carboxylic acids is 2. The molecule has 10 heteroatoms. The summed E-state index contributed by atoms with van der Waals surface area (Å²) in [5.74, 6) is -0.853. The Morgan fingerprint density at radius 2 is 0.864 bits per heavy atom. The molecule has 0 heterocycles. The first-order valence-electron chi connectivity index (χ1n) is 27.3. The molecule has 0 rings (SSSR count). The minimum absolute atomic E-state index is 0.0361. The number of nitrogens with zero attached hydrogens (tertiary/aromatic N) is 1. The lowest BCUT2D eigenvalue weighted by Gasteiger charge is -2.28. The quantitative estimate of drug-likeness (QED) is 0.0195. The number of hydrogen-bond acceptors (Lipinski definition) is 8. The van der Waals surface area contributed by atoms with Gasteiger partial charge in [0.25, 0.3) is 7.82 Å². The van der Waals surface area contributed by atoms with Crippen molar-refractivity contribution in [3.8, 4) is 0 Å². The topological polar surface area (TPSA) is 111 Å². The lowest BCUT2D eigenvalue weighted by molar-refractivity contribution is -0.870. The molecule has 0 fully saturated rings. The van der Waals surface area contributed by atoms with Gasteiger partial charge in [-0.1, -0.05) is 229 Å². The van der Waals surface area contributed by atoms with E-state index in [1.165, 1.54) is 141 Å². The SMILES string of the molecule is CC/C=C\C/C=C\C/C=C\C/C=C\CCCCCCC(=O)OC(COC(=O)CCCCCCCCCCCCCCCCCCCCCCCCCCC)COP(=O)([O-])OCC[N+](C)(C)C. The molecule has 66 heavy (non-hydrogen) atoms. The molecule has 386 valence electrons. The first-order valence-corrected chi connectivity index (χ1v) is 28.8. The van der Waals surface area contributed by atoms with Crippen LogP contribution in [0.5, 0.6) is 0 Å². The maximum absolute atomic E-state index is 12.7. The van der Waals surface area contributed by atoms with Crippen LogP contribution in [0.4, 0.5) is 0 Å². The third-order valence-corrected chi connectivity index (χ3v) is 12.8. The minimum atomic E-state index is -4.64. The molecule has 0 bridgehead atoms. The summed E-state index contributed by atoms with van der Waals surface area (Å²) in [4.78, 5) is 37.8. The molecule has 0 saturated carbocycles. The van der Waals surface area contributed by atoms with E-state index in [1.54, 1.807) is 0 Å². The number of unbranched alkanes of at least 4 members (excludes halogenated alkanes) is 28. The first kappa shape index (κ1) is 64.0. The van der Waals surface area contributed by atoms with Gasteiger partial charge in [-0.2, -0.15) is 0 Å². The molecular weight excluding hydrogens is 846 g/mol. The number of phosphoric ester groups is 1. The van der Waals surface area contributed by atoms with Gasteiger partial charge >= 0.3 is 11.9 Å². The summed E-state index contributed by atoms with van der Waals surface area (Å²) in [7, 11) is 1.15. The van der Waals surface area contributed by atoms with Crippen LogP contribution in [-0.2, 0) is 32.7 Å². The third-order valence-electron chi connectivity index (χ3n) is 11.9. The number of ether oxygens (including phenoxy) is 2. The molecule has 0 aliphatic heterocycles. The Bertz CT molecular complexity index is 1260. The zero-order valence-electron chi connectivity index (χ0n) is 43.6. The lowest BCUT2D eigenvalue weighted by atomic mass is 10.0. The van der Waals surface area contributed by atoms with Crippen LogP contribution < -0.4 is 4.89 Å². The van der Waals surface area contributed by atoms with Gasteiger partial charge in [0, 0.05) is 12.8 Å². The van der Waals surface area contributed by atoms with Crippen molar-refractivity contribution in [1.82, 2.24) is 0 Å². The second-order valence-electron chi connectivity index (χ2n) is 19.6. The van der Waals surface area contributed by atoms with Gasteiger partial charge in [0.05, 0.1) is 27.7 Å². The highest BCUT2D eigenvalue weighted by molar-refractivity contribution is 7.45. The summed E-state index contributed by atoms with van der Waals surface area (Å²) in [5, 5.41) is 0. The van der Waals surface area contributed by atoms with Crippen LogP contribution in [0, 0.1) is 0 Å².